The zero-order valence-electron chi connectivity index (χ0n) is 12.1. The second-order valence-corrected chi connectivity index (χ2v) is 5.52. The molecule has 5 nitrogen and oxygen atoms in total. The van der Waals surface area contributed by atoms with Gasteiger partial charge in [-0.15, -0.1) is 0 Å². The lowest BCUT2D eigenvalue weighted by atomic mass is 9.92. The van der Waals surface area contributed by atoms with Crippen LogP contribution in [0, 0.1) is 0 Å². The first-order valence-corrected chi connectivity index (χ1v) is 6.93. The Morgan fingerprint density at radius 1 is 1.43 bits per heavy atom. The molecule has 2 aromatic rings. The molecule has 2 amide bonds. The van der Waals surface area contributed by atoms with E-state index >= 15 is 0 Å². The predicted octanol–water partition coefficient (Wildman–Crippen LogP) is 2.13. The largest absolute Gasteiger partial charge is 0.296 e. The summed E-state index contributed by atoms with van der Waals surface area (Å²) in [6.45, 7) is 5.90. The average Bonchev–Trinajstić information content (AvgIpc) is 2.75. The van der Waals surface area contributed by atoms with E-state index in [0.29, 0.717) is 12.8 Å². The number of aromatic nitrogens is 2. The van der Waals surface area contributed by atoms with Gasteiger partial charge in [-0.05, 0) is 25.0 Å². The SMILES string of the molecule is C=C(C)c1ccc2c(C3CCC(=O)NC3=O)nn(C)c2c1. The van der Waals surface area contributed by atoms with E-state index < -0.39 is 0 Å². The number of fused-ring (bicyclic) bond motifs is 1. The summed E-state index contributed by atoms with van der Waals surface area (Å²) in [7, 11) is 1.86. The van der Waals surface area contributed by atoms with Crippen molar-refractivity contribution in [2.45, 2.75) is 25.7 Å². The van der Waals surface area contributed by atoms with E-state index in [1.165, 1.54) is 0 Å². The number of carbonyl (C=O) groups is 2. The topological polar surface area (TPSA) is 64.0 Å². The summed E-state index contributed by atoms with van der Waals surface area (Å²) < 4.78 is 1.78. The van der Waals surface area contributed by atoms with Crippen LogP contribution in [0.25, 0.3) is 16.5 Å². The van der Waals surface area contributed by atoms with Gasteiger partial charge in [0.15, 0.2) is 0 Å². The molecular formula is C16H17N3O2. The van der Waals surface area contributed by atoms with Crippen LogP contribution in [0.1, 0.15) is 36.9 Å². The van der Waals surface area contributed by atoms with Gasteiger partial charge in [0.05, 0.1) is 17.1 Å². The van der Waals surface area contributed by atoms with Gasteiger partial charge in [-0.2, -0.15) is 5.10 Å². The molecule has 1 aromatic carbocycles. The van der Waals surface area contributed by atoms with E-state index in [4.69, 9.17) is 0 Å². The molecule has 1 unspecified atom stereocenters. The fourth-order valence-electron chi connectivity index (χ4n) is 2.76. The number of imide groups is 1. The van der Waals surface area contributed by atoms with Crippen molar-refractivity contribution < 1.29 is 9.59 Å². The smallest absolute Gasteiger partial charge is 0.235 e. The van der Waals surface area contributed by atoms with Crippen LogP contribution in [0.5, 0.6) is 0 Å². The summed E-state index contributed by atoms with van der Waals surface area (Å²) in [4.78, 5) is 23.3. The van der Waals surface area contributed by atoms with Gasteiger partial charge in [-0.1, -0.05) is 24.3 Å². The molecule has 3 rings (SSSR count). The maximum atomic E-state index is 12.0. The Morgan fingerprint density at radius 3 is 2.86 bits per heavy atom. The van der Waals surface area contributed by atoms with Crippen molar-refractivity contribution in [2.24, 2.45) is 7.05 Å². The van der Waals surface area contributed by atoms with E-state index in [9.17, 15) is 9.59 Å². The van der Waals surface area contributed by atoms with Crippen LogP contribution in [0.15, 0.2) is 24.8 Å². The van der Waals surface area contributed by atoms with Gasteiger partial charge >= 0.3 is 0 Å². The van der Waals surface area contributed by atoms with Crippen molar-refractivity contribution in [3.8, 4) is 0 Å². The highest BCUT2D eigenvalue weighted by Gasteiger charge is 2.31. The molecule has 0 bridgehead atoms. The number of rotatable bonds is 2. The van der Waals surface area contributed by atoms with Gasteiger partial charge in [0.2, 0.25) is 11.8 Å². The van der Waals surface area contributed by atoms with Crippen LogP contribution in [0.2, 0.25) is 0 Å². The van der Waals surface area contributed by atoms with E-state index in [-0.39, 0.29) is 17.7 Å². The molecule has 108 valence electrons. The van der Waals surface area contributed by atoms with Gasteiger partial charge < -0.3 is 0 Å². The number of piperidine rings is 1. The minimum Gasteiger partial charge on any atom is -0.296 e. The zero-order chi connectivity index (χ0) is 15.1. The number of nitrogens with zero attached hydrogens (tertiary/aromatic N) is 2. The van der Waals surface area contributed by atoms with Crippen LogP contribution in [0.4, 0.5) is 0 Å². The molecule has 0 spiro atoms. The number of hydrogen-bond donors (Lipinski definition) is 1. The molecule has 1 aliphatic heterocycles. The second-order valence-electron chi connectivity index (χ2n) is 5.52. The Morgan fingerprint density at radius 2 is 2.19 bits per heavy atom. The van der Waals surface area contributed by atoms with Crippen LogP contribution in [-0.4, -0.2) is 21.6 Å². The Bertz CT molecular complexity index is 773. The lowest BCUT2D eigenvalue weighted by Crippen LogP contribution is -2.39. The third kappa shape index (κ3) is 2.24. The van der Waals surface area contributed by atoms with Crippen molar-refractivity contribution in [3.63, 3.8) is 0 Å². The van der Waals surface area contributed by atoms with Gasteiger partial charge in [-0.25, -0.2) is 0 Å². The fourth-order valence-corrected chi connectivity index (χ4v) is 2.76. The number of carbonyl (C=O) groups excluding carboxylic acids is 2. The van der Waals surface area contributed by atoms with Crippen molar-refractivity contribution in [3.05, 3.63) is 36.0 Å². The number of amides is 2. The second kappa shape index (κ2) is 4.84. The number of benzene rings is 1. The molecule has 21 heavy (non-hydrogen) atoms. The fraction of sp³-hybridized carbons (Fsp3) is 0.312. The summed E-state index contributed by atoms with van der Waals surface area (Å²) in [6, 6.07) is 5.99. The molecule has 0 aliphatic carbocycles. The van der Waals surface area contributed by atoms with Gasteiger partial charge in [0.25, 0.3) is 0 Å². The Kier molecular flexibility index (Phi) is 3.12. The molecule has 5 heteroatoms. The highest BCUT2D eigenvalue weighted by atomic mass is 16.2. The highest BCUT2D eigenvalue weighted by Crippen LogP contribution is 2.31. The van der Waals surface area contributed by atoms with Crippen LogP contribution < -0.4 is 5.32 Å². The Labute approximate surface area is 122 Å². The van der Waals surface area contributed by atoms with Gasteiger partial charge in [0.1, 0.15) is 0 Å². The molecule has 1 saturated heterocycles. The normalized spacial score (nSPS) is 18.9. The summed E-state index contributed by atoms with van der Waals surface area (Å²) in [5, 5.41) is 7.85. The van der Waals surface area contributed by atoms with Crippen molar-refractivity contribution >= 4 is 28.3 Å². The molecule has 1 aliphatic rings. The Hall–Kier alpha value is -2.43. The minimum absolute atomic E-state index is 0.207. The van der Waals surface area contributed by atoms with E-state index in [1.54, 1.807) is 4.68 Å². The van der Waals surface area contributed by atoms with Crippen LogP contribution >= 0.6 is 0 Å². The zero-order valence-corrected chi connectivity index (χ0v) is 12.1. The highest BCUT2D eigenvalue weighted by molar-refractivity contribution is 6.02. The van der Waals surface area contributed by atoms with Crippen molar-refractivity contribution in [1.29, 1.82) is 0 Å². The standard InChI is InChI=1S/C16H17N3O2/c1-9(2)10-4-5-11-13(8-10)19(3)18-15(11)12-6-7-14(20)17-16(12)21/h4-5,8,12H,1,6-7H2,2-3H3,(H,17,20,21). The molecular weight excluding hydrogens is 266 g/mol. The first-order valence-electron chi connectivity index (χ1n) is 6.93. The monoisotopic (exact) mass is 283 g/mol. The van der Waals surface area contributed by atoms with Gasteiger partial charge in [-0.3, -0.25) is 19.6 Å². The van der Waals surface area contributed by atoms with Crippen molar-refractivity contribution in [2.75, 3.05) is 0 Å². The molecule has 2 heterocycles. The first kappa shape index (κ1) is 13.5. The molecule has 1 atom stereocenters. The summed E-state index contributed by atoms with van der Waals surface area (Å²) in [6.07, 6.45) is 0.872. The number of aryl methyl sites for hydroxylation is 1. The predicted molar refractivity (Wildman–Crippen MR) is 80.5 cm³/mol. The number of allylic oxidation sites excluding steroid dienone is 1. The quantitative estimate of drug-likeness (QED) is 0.859. The maximum Gasteiger partial charge on any atom is 0.235 e. The summed E-state index contributed by atoms with van der Waals surface area (Å²) in [5.41, 5.74) is 3.75. The van der Waals surface area contributed by atoms with Crippen molar-refractivity contribution in [1.82, 2.24) is 15.1 Å². The molecule has 1 fully saturated rings. The van der Waals surface area contributed by atoms with Gasteiger partial charge in [0, 0.05) is 18.9 Å². The molecule has 0 saturated carbocycles. The van der Waals surface area contributed by atoms with E-state index in [2.05, 4.69) is 17.0 Å². The summed E-state index contributed by atoms with van der Waals surface area (Å²) in [5.74, 6) is -0.821. The van der Waals surface area contributed by atoms with Crippen LogP contribution in [0.3, 0.4) is 0 Å². The van der Waals surface area contributed by atoms with Crippen LogP contribution in [-0.2, 0) is 16.6 Å². The minimum atomic E-state index is -0.359. The summed E-state index contributed by atoms with van der Waals surface area (Å²) >= 11 is 0. The lowest BCUT2D eigenvalue weighted by Gasteiger charge is -2.19. The average molecular weight is 283 g/mol. The number of hydrogen-bond acceptors (Lipinski definition) is 3. The Balaban J connectivity index is 2.10. The third-order valence-electron chi connectivity index (χ3n) is 3.94. The maximum absolute atomic E-state index is 12.0. The molecule has 1 N–H and O–H groups in total. The van der Waals surface area contributed by atoms with E-state index in [0.717, 1.165) is 27.7 Å². The third-order valence-corrected chi connectivity index (χ3v) is 3.94. The number of nitrogens with one attached hydrogen (secondary N) is 1. The lowest BCUT2D eigenvalue weighted by molar-refractivity contribution is -0.134. The first-order chi connectivity index (χ1) is 9.97. The van der Waals surface area contributed by atoms with E-state index in [1.807, 2.05) is 32.2 Å². The molecule has 0 radical (unpaired) electrons. The molecule has 1 aromatic heterocycles.